The number of benzene rings is 1. The van der Waals surface area contributed by atoms with E-state index in [1.807, 2.05) is 20.8 Å². The molecule has 1 amide bonds. The number of alkyl carbamates (subject to hydrolysis) is 1. The first kappa shape index (κ1) is 20.0. The van der Waals surface area contributed by atoms with Gasteiger partial charge in [0.05, 0.1) is 0 Å². The van der Waals surface area contributed by atoms with Gasteiger partial charge in [0.2, 0.25) is 0 Å². The Labute approximate surface area is 163 Å². The molecule has 0 radical (unpaired) electrons. The number of hydrogen-bond acceptors (Lipinski definition) is 4. The summed E-state index contributed by atoms with van der Waals surface area (Å²) in [5, 5.41) is 2.95. The van der Waals surface area contributed by atoms with Crippen molar-refractivity contribution in [1.29, 1.82) is 0 Å². The third-order valence-electron chi connectivity index (χ3n) is 5.60. The van der Waals surface area contributed by atoms with Crippen LogP contribution < -0.4 is 10.2 Å². The molecule has 1 saturated heterocycles. The van der Waals surface area contributed by atoms with E-state index in [0.29, 0.717) is 18.5 Å². The fourth-order valence-corrected chi connectivity index (χ4v) is 4.14. The summed E-state index contributed by atoms with van der Waals surface area (Å²) in [5.74, 6) is 0.365. The van der Waals surface area contributed by atoms with Crippen molar-refractivity contribution in [3.63, 3.8) is 0 Å². The first-order valence-electron chi connectivity index (χ1n) is 10.2. The third kappa shape index (κ3) is 5.38. The summed E-state index contributed by atoms with van der Waals surface area (Å²) in [4.78, 5) is 14.4. The highest BCUT2D eigenvalue weighted by molar-refractivity contribution is 5.67. The van der Waals surface area contributed by atoms with Crippen LogP contribution in [-0.4, -0.2) is 44.5 Å². The zero-order chi connectivity index (χ0) is 19.4. The number of amides is 1. The summed E-state index contributed by atoms with van der Waals surface area (Å²) < 4.78 is 10.9. The molecule has 0 aromatic heterocycles. The lowest BCUT2D eigenvalue weighted by atomic mass is 9.82. The Bertz CT molecular complexity index is 647. The molecule has 0 spiro atoms. The van der Waals surface area contributed by atoms with Crippen LogP contribution in [0.25, 0.3) is 0 Å². The molecule has 3 rings (SSSR count). The smallest absolute Gasteiger partial charge is 0.407 e. The average Bonchev–Trinajstić information content (AvgIpc) is 2.64. The second-order valence-corrected chi connectivity index (χ2v) is 8.81. The van der Waals surface area contributed by atoms with E-state index in [1.54, 1.807) is 0 Å². The first-order valence-corrected chi connectivity index (χ1v) is 10.2. The normalized spacial score (nSPS) is 20.7. The van der Waals surface area contributed by atoms with Crippen LogP contribution >= 0.6 is 0 Å². The van der Waals surface area contributed by atoms with Crippen LogP contribution in [0.2, 0.25) is 0 Å². The van der Waals surface area contributed by atoms with Crippen LogP contribution in [0.4, 0.5) is 10.5 Å². The second kappa shape index (κ2) is 8.51. The minimum Gasteiger partial charge on any atom is -0.444 e. The number of nitrogens with zero attached hydrogens (tertiary/aromatic N) is 1. The summed E-state index contributed by atoms with van der Waals surface area (Å²) in [7, 11) is 2.20. The lowest BCUT2D eigenvalue weighted by Gasteiger charge is -2.34. The van der Waals surface area contributed by atoms with E-state index in [-0.39, 0.29) is 6.09 Å². The maximum atomic E-state index is 12.0. The molecule has 0 bridgehead atoms. The number of nitrogens with one attached hydrogen (secondary N) is 1. The molecule has 1 fully saturated rings. The van der Waals surface area contributed by atoms with Gasteiger partial charge in [-0.05, 0) is 76.1 Å². The number of carbonyl (C=O) groups excluding carboxylic acids is 1. The maximum absolute atomic E-state index is 12.0. The SMILES string of the molecule is CN(c1ccc2c(c1)CCC[C@H]2CNC(=O)OC(C)(C)C)C1CCOCC1. The molecule has 1 aliphatic carbocycles. The van der Waals surface area contributed by atoms with Crippen molar-refractivity contribution in [1.82, 2.24) is 5.32 Å². The van der Waals surface area contributed by atoms with Crippen molar-refractivity contribution < 1.29 is 14.3 Å². The molecule has 1 atom stereocenters. The minimum atomic E-state index is -0.460. The molecule has 0 saturated carbocycles. The fraction of sp³-hybridized carbons (Fsp3) is 0.682. The van der Waals surface area contributed by atoms with Crippen LogP contribution in [0.1, 0.15) is 63.5 Å². The Hall–Kier alpha value is -1.75. The Morgan fingerprint density at radius 1 is 1.26 bits per heavy atom. The largest absolute Gasteiger partial charge is 0.444 e. The second-order valence-electron chi connectivity index (χ2n) is 8.81. The monoisotopic (exact) mass is 374 g/mol. The van der Waals surface area contributed by atoms with Crippen LogP contribution in [0.3, 0.4) is 0 Å². The van der Waals surface area contributed by atoms with Gasteiger partial charge in [-0.15, -0.1) is 0 Å². The summed E-state index contributed by atoms with van der Waals surface area (Å²) in [5.41, 5.74) is 3.63. The molecule has 0 unspecified atom stereocenters. The topological polar surface area (TPSA) is 50.8 Å². The highest BCUT2D eigenvalue weighted by atomic mass is 16.6. The van der Waals surface area contributed by atoms with Crippen LogP contribution in [0.15, 0.2) is 18.2 Å². The Morgan fingerprint density at radius 3 is 2.70 bits per heavy atom. The van der Waals surface area contributed by atoms with E-state index in [4.69, 9.17) is 9.47 Å². The molecule has 1 aromatic carbocycles. The van der Waals surface area contributed by atoms with Crippen LogP contribution in [0, 0.1) is 0 Å². The number of aryl methyl sites for hydroxylation is 1. The molecule has 1 heterocycles. The van der Waals surface area contributed by atoms with E-state index >= 15 is 0 Å². The van der Waals surface area contributed by atoms with Gasteiger partial charge >= 0.3 is 6.09 Å². The van der Waals surface area contributed by atoms with Gasteiger partial charge in [-0.1, -0.05) is 6.07 Å². The number of fused-ring (bicyclic) bond motifs is 1. The molecular weight excluding hydrogens is 340 g/mol. The fourth-order valence-electron chi connectivity index (χ4n) is 4.14. The molecule has 5 heteroatoms. The molecule has 1 aromatic rings. The lowest BCUT2D eigenvalue weighted by molar-refractivity contribution is 0.0523. The molecular formula is C22H34N2O3. The Morgan fingerprint density at radius 2 is 2.00 bits per heavy atom. The van der Waals surface area contributed by atoms with Crippen molar-refractivity contribution in [3.8, 4) is 0 Å². The molecule has 27 heavy (non-hydrogen) atoms. The van der Waals surface area contributed by atoms with Gasteiger partial charge < -0.3 is 19.7 Å². The molecule has 1 N–H and O–H groups in total. The van der Waals surface area contributed by atoms with Crippen molar-refractivity contribution >= 4 is 11.8 Å². The minimum absolute atomic E-state index is 0.328. The summed E-state index contributed by atoms with van der Waals surface area (Å²) in [6, 6.07) is 7.41. The van der Waals surface area contributed by atoms with Gasteiger partial charge in [-0.25, -0.2) is 4.79 Å². The van der Waals surface area contributed by atoms with Gasteiger partial charge in [0.1, 0.15) is 5.60 Å². The Kier molecular flexibility index (Phi) is 6.30. The Balaban J connectivity index is 1.64. The first-order chi connectivity index (χ1) is 12.8. The number of hydrogen-bond donors (Lipinski definition) is 1. The summed E-state index contributed by atoms with van der Waals surface area (Å²) >= 11 is 0. The van der Waals surface area contributed by atoms with Crippen LogP contribution in [-0.2, 0) is 15.9 Å². The molecule has 150 valence electrons. The van der Waals surface area contributed by atoms with Gasteiger partial charge in [0, 0.05) is 44.5 Å². The zero-order valence-electron chi connectivity index (χ0n) is 17.2. The summed E-state index contributed by atoms with van der Waals surface area (Å²) in [6.45, 7) is 8.02. The molecule has 5 nitrogen and oxygen atoms in total. The molecule has 2 aliphatic rings. The zero-order valence-corrected chi connectivity index (χ0v) is 17.2. The number of ether oxygens (including phenoxy) is 2. The van der Waals surface area contributed by atoms with E-state index < -0.39 is 5.60 Å². The van der Waals surface area contributed by atoms with E-state index in [1.165, 1.54) is 16.8 Å². The maximum Gasteiger partial charge on any atom is 0.407 e. The van der Waals surface area contributed by atoms with Crippen molar-refractivity contribution in [3.05, 3.63) is 29.3 Å². The highest BCUT2D eigenvalue weighted by Crippen LogP contribution is 2.34. The predicted molar refractivity (Wildman–Crippen MR) is 109 cm³/mol. The summed E-state index contributed by atoms with van der Waals surface area (Å²) in [6.07, 6.45) is 5.25. The predicted octanol–water partition coefficient (Wildman–Crippen LogP) is 4.25. The van der Waals surface area contributed by atoms with Crippen molar-refractivity contribution in [2.45, 2.75) is 70.4 Å². The van der Waals surface area contributed by atoms with Gasteiger partial charge in [-0.3, -0.25) is 0 Å². The van der Waals surface area contributed by atoms with Crippen molar-refractivity contribution in [2.75, 3.05) is 31.7 Å². The van der Waals surface area contributed by atoms with Gasteiger partial charge in [0.25, 0.3) is 0 Å². The van der Waals surface area contributed by atoms with Crippen molar-refractivity contribution in [2.24, 2.45) is 0 Å². The van der Waals surface area contributed by atoms with E-state index in [9.17, 15) is 4.79 Å². The van der Waals surface area contributed by atoms with E-state index in [2.05, 4.69) is 35.5 Å². The van der Waals surface area contributed by atoms with Gasteiger partial charge in [0.15, 0.2) is 0 Å². The van der Waals surface area contributed by atoms with Crippen LogP contribution in [0.5, 0.6) is 0 Å². The van der Waals surface area contributed by atoms with E-state index in [0.717, 1.165) is 45.3 Å². The number of rotatable bonds is 4. The quantitative estimate of drug-likeness (QED) is 0.856. The average molecular weight is 375 g/mol. The highest BCUT2D eigenvalue weighted by Gasteiger charge is 2.24. The standard InChI is InChI=1S/C22H34N2O3/c1-22(2,3)27-21(25)23-15-17-7-5-6-16-14-19(8-9-20(16)17)24(4)18-10-12-26-13-11-18/h8-9,14,17-18H,5-7,10-13,15H2,1-4H3,(H,23,25)/t17-/m0/s1. The lowest BCUT2D eigenvalue weighted by Crippen LogP contribution is -2.37. The number of carbonyl (C=O) groups is 1. The number of anilines is 1. The molecule has 1 aliphatic heterocycles. The third-order valence-corrected chi connectivity index (χ3v) is 5.60. The van der Waals surface area contributed by atoms with Gasteiger partial charge in [-0.2, -0.15) is 0 Å².